The lowest BCUT2D eigenvalue weighted by Gasteiger charge is -2.22. The van der Waals surface area contributed by atoms with E-state index in [9.17, 15) is 9.50 Å². The zero-order valence-corrected chi connectivity index (χ0v) is 10.9. The number of aliphatic hydroxyl groups excluding tert-OH is 1. The van der Waals surface area contributed by atoms with E-state index in [0.29, 0.717) is 17.8 Å². The van der Waals surface area contributed by atoms with E-state index in [4.69, 9.17) is 0 Å². The minimum absolute atomic E-state index is 0.160. The van der Waals surface area contributed by atoms with Gasteiger partial charge in [-0.2, -0.15) is 0 Å². The number of para-hydroxylation sites is 1. The molecule has 3 nitrogen and oxygen atoms in total. The highest BCUT2D eigenvalue weighted by atomic mass is 19.1. The van der Waals surface area contributed by atoms with Gasteiger partial charge in [0.1, 0.15) is 5.82 Å². The molecule has 2 rings (SSSR count). The SMILES string of the molecule is CN(CCc1ccncc1)c1c(F)cccc1CO. The number of likely N-dealkylation sites (N-methyl/N-ethyl adjacent to an activating group) is 1. The Morgan fingerprint density at radius 3 is 2.63 bits per heavy atom. The number of halogens is 1. The number of hydrogen-bond donors (Lipinski definition) is 1. The second-order valence-corrected chi connectivity index (χ2v) is 4.43. The molecule has 1 N–H and O–H groups in total. The Labute approximate surface area is 112 Å². The van der Waals surface area contributed by atoms with Crippen molar-refractivity contribution in [2.75, 3.05) is 18.5 Å². The van der Waals surface area contributed by atoms with E-state index in [-0.39, 0.29) is 12.4 Å². The average Bonchev–Trinajstić information content (AvgIpc) is 2.45. The van der Waals surface area contributed by atoms with E-state index in [0.717, 1.165) is 12.0 Å². The van der Waals surface area contributed by atoms with Gasteiger partial charge >= 0.3 is 0 Å². The first kappa shape index (κ1) is 13.5. The zero-order valence-electron chi connectivity index (χ0n) is 10.9. The molecule has 0 amide bonds. The average molecular weight is 260 g/mol. The van der Waals surface area contributed by atoms with Crippen molar-refractivity contribution in [3.63, 3.8) is 0 Å². The van der Waals surface area contributed by atoms with Crippen molar-refractivity contribution in [3.8, 4) is 0 Å². The highest BCUT2D eigenvalue weighted by Crippen LogP contribution is 2.23. The first-order chi connectivity index (χ1) is 9.22. The first-order valence-electron chi connectivity index (χ1n) is 6.20. The van der Waals surface area contributed by atoms with Crippen LogP contribution < -0.4 is 4.90 Å². The van der Waals surface area contributed by atoms with Gasteiger partial charge in [-0.3, -0.25) is 4.98 Å². The van der Waals surface area contributed by atoms with Crippen molar-refractivity contribution in [1.29, 1.82) is 0 Å². The van der Waals surface area contributed by atoms with Crippen LogP contribution in [-0.2, 0) is 13.0 Å². The molecule has 0 aliphatic rings. The van der Waals surface area contributed by atoms with Crippen molar-refractivity contribution in [1.82, 2.24) is 4.98 Å². The fourth-order valence-electron chi connectivity index (χ4n) is 2.07. The summed E-state index contributed by atoms with van der Waals surface area (Å²) in [6.45, 7) is 0.518. The Morgan fingerprint density at radius 1 is 1.21 bits per heavy atom. The molecule has 0 saturated carbocycles. The molecular formula is C15H17FN2O. The van der Waals surface area contributed by atoms with E-state index in [1.54, 1.807) is 24.5 Å². The summed E-state index contributed by atoms with van der Waals surface area (Å²) in [5.41, 5.74) is 2.24. The molecule has 1 aromatic carbocycles. The third-order valence-corrected chi connectivity index (χ3v) is 3.11. The van der Waals surface area contributed by atoms with Gasteiger partial charge in [0.25, 0.3) is 0 Å². The van der Waals surface area contributed by atoms with Crippen LogP contribution in [0.5, 0.6) is 0 Å². The summed E-state index contributed by atoms with van der Waals surface area (Å²) < 4.78 is 13.9. The summed E-state index contributed by atoms with van der Waals surface area (Å²) >= 11 is 0. The lowest BCUT2D eigenvalue weighted by Crippen LogP contribution is -2.23. The molecule has 0 spiro atoms. The monoisotopic (exact) mass is 260 g/mol. The van der Waals surface area contributed by atoms with E-state index in [1.807, 2.05) is 24.1 Å². The molecule has 0 aliphatic heterocycles. The summed E-state index contributed by atoms with van der Waals surface area (Å²) in [5.74, 6) is -0.302. The molecule has 0 radical (unpaired) electrons. The number of benzene rings is 1. The van der Waals surface area contributed by atoms with Gasteiger partial charge in [-0.15, -0.1) is 0 Å². The standard InChI is InChI=1S/C15H17FN2O/c1-18(10-7-12-5-8-17-9-6-12)15-13(11-19)3-2-4-14(15)16/h2-6,8-9,19H,7,10-11H2,1H3. The molecule has 0 aliphatic carbocycles. The van der Waals surface area contributed by atoms with Gasteiger partial charge in [-0.1, -0.05) is 12.1 Å². The number of aromatic nitrogens is 1. The maximum Gasteiger partial charge on any atom is 0.146 e. The van der Waals surface area contributed by atoms with Crippen LogP contribution in [0, 0.1) is 5.82 Å². The smallest absolute Gasteiger partial charge is 0.146 e. The Bertz CT molecular complexity index is 531. The molecule has 0 unspecified atom stereocenters. The van der Waals surface area contributed by atoms with Crippen LogP contribution in [0.25, 0.3) is 0 Å². The van der Waals surface area contributed by atoms with E-state index in [1.165, 1.54) is 6.07 Å². The van der Waals surface area contributed by atoms with Crippen LogP contribution in [0.3, 0.4) is 0 Å². The second-order valence-electron chi connectivity index (χ2n) is 4.43. The number of pyridine rings is 1. The van der Waals surface area contributed by atoms with Crippen molar-refractivity contribution in [3.05, 3.63) is 59.7 Å². The molecule has 1 heterocycles. The molecule has 0 fully saturated rings. The van der Waals surface area contributed by atoms with Crippen LogP contribution in [0.15, 0.2) is 42.7 Å². The van der Waals surface area contributed by atoms with Gasteiger partial charge in [0.15, 0.2) is 0 Å². The quantitative estimate of drug-likeness (QED) is 0.896. The number of hydrogen-bond acceptors (Lipinski definition) is 3. The fraction of sp³-hybridized carbons (Fsp3) is 0.267. The summed E-state index contributed by atoms with van der Waals surface area (Å²) in [6, 6.07) is 8.66. The number of rotatable bonds is 5. The molecule has 2 aromatic rings. The van der Waals surface area contributed by atoms with Crippen molar-refractivity contribution in [2.24, 2.45) is 0 Å². The van der Waals surface area contributed by atoms with Gasteiger partial charge in [-0.25, -0.2) is 4.39 Å². The Balaban J connectivity index is 2.10. The third-order valence-electron chi connectivity index (χ3n) is 3.11. The summed E-state index contributed by atoms with van der Waals surface area (Å²) in [4.78, 5) is 5.80. The highest BCUT2D eigenvalue weighted by Gasteiger charge is 2.12. The molecule has 0 saturated heterocycles. The van der Waals surface area contributed by atoms with Crippen LogP contribution in [0.4, 0.5) is 10.1 Å². The predicted molar refractivity (Wildman–Crippen MR) is 73.5 cm³/mol. The summed E-state index contributed by atoms with van der Waals surface area (Å²) in [5, 5.41) is 9.28. The van der Waals surface area contributed by atoms with Crippen molar-refractivity contribution >= 4 is 5.69 Å². The summed E-state index contributed by atoms with van der Waals surface area (Å²) in [7, 11) is 1.83. The maximum atomic E-state index is 13.9. The van der Waals surface area contributed by atoms with E-state index in [2.05, 4.69) is 4.98 Å². The van der Waals surface area contributed by atoms with Crippen LogP contribution in [0.1, 0.15) is 11.1 Å². The zero-order chi connectivity index (χ0) is 13.7. The normalized spacial score (nSPS) is 10.5. The first-order valence-corrected chi connectivity index (χ1v) is 6.20. The van der Waals surface area contributed by atoms with Gasteiger partial charge in [-0.05, 0) is 30.2 Å². The Kier molecular flexibility index (Phi) is 4.47. The lowest BCUT2D eigenvalue weighted by atomic mass is 10.1. The number of anilines is 1. The van der Waals surface area contributed by atoms with Crippen LogP contribution >= 0.6 is 0 Å². The molecule has 1 aromatic heterocycles. The van der Waals surface area contributed by atoms with Crippen LogP contribution in [0.2, 0.25) is 0 Å². The van der Waals surface area contributed by atoms with Gasteiger partial charge in [0.05, 0.1) is 12.3 Å². The Hall–Kier alpha value is -1.94. The van der Waals surface area contributed by atoms with Gasteiger partial charge in [0, 0.05) is 31.5 Å². The largest absolute Gasteiger partial charge is 0.392 e. The van der Waals surface area contributed by atoms with Crippen molar-refractivity contribution < 1.29 is 9.50 Å². The van der Waals surface area contributed by atoms with Gasteiger partial charge in [0.2, 0.25) is 0 Å². The molecule has 100 valence electrons. The molecule has 0 bridgehead atoms. The third kappa shape index (κ3) is 3.29. The number of aliphatic hydroxyl groups is 1. The minimum Gasteiger partial charge on any atom is -0.392 e. The topological polar surface area (TPSA) is 36.4 Å². The summed E-state index contributed by atoms with van der Waals surface area (Å²) in [6.07, 6.45) is 4.30. The maximum absolute atomic E-state index is 13.9. The van der Waals surface area contributed by atoms with Gasteiger partial charge < -0.3 is 10.0 Å². The minimum atomic E-state index is -0.302. The van der Waals surface area contributed by atoms with Crippen LogP contribution in [-0.4, -0.2) is 23.7 Å². The van der Waals surface area contributed by atoms with Crippen molar-refractivity contribution in [2.45, 2.75) is 13.0 Å². The fourth-order valence-corrected chi connectivity index (χ4v) is 2.07. The Morgan fingerprint density at radius 2 is 1.95 bits per heavy atom. The van der Waals surface area contributed by atoms with E-state index >= 15 is 0 Å². The van der Waals surface area contributed by atoms with E-state index < -0.39 is 0 Å². The molecule has 19 heavy (non-hydrogen) atoms. The molecule has 0 atom stereocenters. The highest BCUT2D eigenvalue weighted by molar-refractivity contribution is 5.54. The predicted octanol–water partition coefficient (Wildman–Crippen LogP) is 2.39. The lowest BCUT2D eigenvalue weighted by molar-refractivity contribution is 0.281. The second kappa shape index (κ2) is 6.29. The molecular weight excluding hydrogens is 243 g/mol. The molecule has 4 heteroatoms. The number of nitrogens with zero attached hydrogens (tertiary/aromatic N) is 2.